The Bertz CT molecular complexity index is 351. The summed E-state index contributed by atoms with van der Waals surface area (Å²) in [6, 6.07) is 0. The van der Waals surface area contributed by atoms with E-state index in [-0.39, 0.29) is 8.80 Å². The molecule has 1 atom stereocenters. The Balaban J connectivity index is 2.38. The monoisotopic (exact) mass is 199 g/mol. The maximum atomic E-state index is 2.38. The molecule has 0 aliphatic heterocycles. The molecule has 0 N–H and O–H groups in total. The minimum Gasteiger partial charge on any atom is -0.0800 e. The third-order valence-electron chi connectivity index (χ3n) is 2.64. The molecule has 0 spiro atoms. The molecule has 0 amide bonds. The Morgan fingerprint density at radius 3 is 2.21 bits per heavy atom. The summed E-state index contributed by atoms with van der Waals surface area (Å²) in [7, 11) is -0.284. The Hall–Kier alpha value is -1.08. The van der Waals surface area contributed by atoms with Crippen LogP contribution in [0.1, 0.15) is 0 Å². The van der Waals surface area contributed by atoms with Crippen molar-refractivity contribution in [3.05, 3.63) is 59.8 Å². The molecule has 0 aromatic carbocycles. The molecule has 2 aliphatic carbocycles. The molecule has 1 unspecified atom stereocenters. The van der Waals surface area contributed by atoms with Crippen molar-refractivity contribution in [3.63, 3.8) is 0 Å². The van der Waals surface area contributed by atoms with Crippen LogP contribution >= 0.6 is 0 Å². The highest BCUT2D eigenvalue weighted by Crippen LogP contribution is 2.32. The molecule has 0 aromatic heterocycles. The van der Waals surface area contributed by atoms with E-state index in [0.717, 1.165) is 0 Å². The Labute approximate surface area is 87.6 Å². The van der Waals surface area contributed by atoms with E-state index in [0.29, 0.717) is 5.54 Å². The smallest absolute Gasteiger partial charge is 0.0548 e. The summed E-state index contributed by atoms with van der Waals surface area (Å²) in [6.07, 6.45) is 17.6. The molecule has 2 rings (SSSR count). The van der Waals surface area contributed by atoms with Crippen LogP contribution in [0.25, 0.3) is 0 Å². The van der Waals surface area contributed by atoms with Crippen LogP contribution in [-0.2, 0) is 0 Å². The summed E-state index contributed by atoms with van der Waals surface area (Å²) in [5, 5.41) is 0. The normalized spacial score (nSPS) is 24.4. The van der Waals surface area contributed by atoms with Crippen molar-refractivity contribution in [2.24, 2.45) is 0 Å². The van der Waals surface area contributed by atoms with Crippen molar-refractivity contribution in [1.29, 1.82) is 0 Å². The molecule has 0 fully saturated rings. The first-order chi connectivity index (χ1) is 6.79. The van der Waals surface area contributed by atoms with E-state index in [4.69, 9.17) is 0 Å². The number of rotatable bonds is 1. The molecule has 1 radical (unpaired) electrons. The number of hydrogen-bond donors (Lipinski definition) is 0. The lowest BCUT2D eigenvalue weighted by molar-refractivity contribution is 1.19. The molecule has 71 valence electrons. The fraction of sp³-hybridized carbons (Fsp3) is 0.231. The van der Waals surface area contributed by atoms with Crippen LogP contribution in [-0.4, -0.2) is 8.80 Å². The van der Waals surface area contributed by atoms with E-state index in [2.05, 4.69) is 61.7 Å². The Morgan fingerprint density at radius 2 is 1.57 bits per heavy atom. The van der Waals surface area contributed by atoms with Gasteiger partial charge < -0.3 is 0 Å². The molecule has 0 bridgehead atoms. The molecule has 0 saturated heterocycles. The van der Waals surface area contributed by atoms with Crippen LogP contribution in [0.2, 0.25) is 18.6 Å². The Kier molecular flexibility index (Phi) is 2.68. The summed E-state index contributed by atoms with van der Waals surface area (Å²) in [5.41, 5.74) is 3.56. The first-order valence-electron chi connectivity index (χ1n) is 5.03. The largest absolute Gasteiger partial charge is 0.0800 e. The second kappa shape index (κ2) is 3.97. The Morgan fingerprint density at radius 1 is 0.929 bits per heavy atom. The van der Waals surface area contributed by atoms with Gasteiger partial charge in [-0.3, -0.25) is 0 Å². The van der Waals surface area contributed by atoms with Crippen LogP contribution in [0.5, 0.6) is 0 Å². The maximum absolute atomic E-state index is 2.38. The zero-order valence-corrected chi connectivity index (χ0v) is 9.70. The van der Waals surface area contributed by atoms with Crippen molar-refractivity contribution >= 4 is 8.80 Å². The quantitative estimate of drug-likeness (QED) is 0.565. The van der Waals surface area contributed by atoms with Crippen molar-refractivity contribution < 1.29 is 0 Å². The van der Waals surface area contributed by atoms with Gasteiger partial charge >= 0.3 is 0 Å². The van der Waals surface area contributed by atoms with Gasteiger partial charge in [0.2, 0.25) is 0 Å². The van der Waals surface area contributed by atoms with Crippen molar-refractivity contribution in [2.45, 2.75) is 18.6 Å². The van der Waals surface area contributed by atoms with Gasteiger partial charge in [0.25, 0.3) is 0 Å². The van der Waals surface area contributed by atoms with Gasteiger partial charge in [-0.25, -0.2) is 0 Å². The lowest BCUT2D eigenvalue weighted by Gasteiger charge is -2.21. The molecule has 0 nitrogen and oxygen atoms in total. The molecule has 2 aliphatic rings. The zero-order chi connectivity index (χ0) is 9.97. The fourth-order valence-corrected chi connectivity index (χ4v) is 3.27. The van der Waals surface area contributed by atoms with E-state index in [1.165, 1.54) is 11.1 Å². The highest BCUT2D eigenvalue weighted by Gasteiger charge is 2.18. The lowest BCUT2D eigenvalue weighted by Crippen LogP contribution is -2.13. The first-order valence-corrected chi connectivity index (χ1v) is 7.60. The van der Waals surface area contributed by atoms with E-state index < -0.39 is 0 Å². The zero-order valence-electron chi connectivity index (χ0n) is 8.70. The number of allylic oxidation sites excluding steroid dienone is 10. The van der Waals surface area contributed by atoms with Crippen LogP contribution in [0.15, 0.2) is 59.8 Å². The molecule has 0 heterocycles. The molecular formula is C13H15Si. The van der Waals surface area contributed by atoms with E-state index in [1.54, 1.807) is 0 Å². The second-order valence-electron chi connectivity index (χ2n) is 3.93. The molecule has 1 heteroatoms. The van der Waals surface area contributed by atoms with Crippen LogP contribution in [0.3, 0.4) is 0 Å². The van der Waals surface area contributed by atoms with Gasteiger partial charge in [0, 0.05) is 0 Å². The second-order valence-corrected chi connectivity index (χ2v) is 6.70. The van der Waals surface area contributed by atoms with Gasteiger partial charge in [0.15, 0.2) is 0 Å². The van der Waals surface area contributed by atoms with E-state index in [9.17, 15) is 0 Å². The average Bonchev–Trinajstić information content (AvgIpc) is 2.70. The third-order valence-corrected chi connectivity index (χ3v) is 4.39. The van der Waals surface area contributed by atoms with E-state index >= 15 is 0 Å². The number of hydrogen-bond acceptors (Lipinski definition) is 0. The highest BCUT2D eigenvalue weighted by atomic mass is 28.3. The van der Waals surface area contributed by atoms with E-state index in [1.807, 2.05) is 0 Å². The maximum Gasteiger partial charge on any atom is 0.0548 e. The van der Waals surface area contributed by atoms with Gasteiger partial charge in [-0.05, 0) is 16.7 Å². The standard InChI is InChI=1S/C13H15Si/c1-14(2)13-10-6-5-9-12(13)11-7-3-4-8-11/h3-10,13H,1-2H3. The highest BCUT2D eigenvalue weighted by molar-refractivity contribution is 6.59. The van der Waals surface area contributed by atoms with Gasteiger partial charge in [-0.1, -0.05) is 61.7 Å². The van der Waals surface area contributed by atoms with Crippen LogP contribution in [0, 0.1) is 0 Å². The third kappa shape index (κ3) is 1.73. The summed E-state index contributed by atoms with van der Waals surface area (Å²) < 4.78 is 0. The summed E-state index contributed by atoms with van der Waals surface area (Å²) in [4.78, 5) is 0. The van der Waals surface area contributed by atoms with Crippen molar-refractivity contribution in [2.75, 3.05) is 0 Å². The van der Waals surface area contributed by atoms with Gasteiger partial charge in [0.1, 0.15) is 0 Å². The molecular weight excluding hydrogens is 184 g/mol. The summed E-state index contributed by atoms with van der Waals surface area (Å²) in [5.74, 6) is 0. The SMILES string of the molecule is C[Si](C)C1C=CC=CC1=C1C=CC=C1. The van der Waals surface area contributed by atoms with Crippen molar-refractivity contribution in [1.82, 2.24) is 0 Å². The van der Waals surface area contributed by atoms with Crippen LogP contribution < -0.4 is 0 Å². The van der Waals surface area contributed by atoms with Crippen molar-refractivity contribution in [3.8, 4) is 0 Å². The predicted molar refractivity (Wildman–Crippen MR) is 64.8 cm³/mol. The van der Waals surface area contributed by atoms with Gasteiger partial charge in [-0.15, -0.1) is 0 Å². The van der Waals surface area contributed by atoms with Gasteiger partial charge in [-0.2, -0.15) is 0 Å². The first kappa shape index (κ1) is 9.47. The average molecular weight is 199 g/mol. The minimum absolute atomic E-state index is 0.284. The fourth-order valence-electron chi connectivity index (χ4n) is 1.89. The molecule has 0 aromatic rings. The van der Waals surface area contributed by atoms with Crippen LogP contribution in [0.4, 0.5) is 0 Å². The summed E-state index contributed by atoms with van der Waals surface area (Å²) >= 11 is 0. The topological polar surface area (TPSA) is 0 Å². The summed E-state index contributed by atoms with van der Waals surface area (Å²) in [6.45, 7) is 4.75. The molecule has 14 heavy (non-hydrogen) atoms. The minimum atomic E-state index is -0.284. The lowest BCUT2D eigenvalue weighted by atomic mass is 10.0. The molecule has 0 saturated carbocycles. The van der Waals surface area contributed by atoms with Gasteiger partial charge in [0.05, 0.1) is 8.80 Å². The predicted octanol–water partition coefficient (Wildman–Crippen LogP) is 3.66.